The Kier molecular flexibility index (Phi) is 3.67. The third-order valence-electron chi connectivity index (χ3n) is 4.35. The first-order chi connectivity index (χ1) is 11.2. The Labute approximate surface area is 141 Å². The van der Waals surface area contributed by atoms with Crippen molar-refractivity contribution in [2.75, 3.05) is 0 Å². The molecule has 3 rings (SSSR count). The first-order valence-corrected chi connectivity index (χ1v) is 7.94. The summed E-state index contributed by atoms with van der Waals surface area (Å²) in [4.78, 5) is 25.0. The summed E-state index contributed by atoms with van der Waals surface area (Å²) in [6, 6.07) is 10.5. The molecule has 0 spiro atoms. The van der Waals surface area contributed by atoms with Gasteiger partial charge in [-0.1, -0.05) is 45.0 Å². The molecule has 3 nitrogen and oxygen atoms in total. The number of carbonyl (C=O) groups is 2. The number of rotatable bonds is 1. The molecular formula is C21H20O3. The standard InChI is InChI=1S/C21H20O3/c1-12-9-13(11-17(18(12)22)21(2,3)4)10-16-19(23)14-7-5-6-8-15(14)20(16)24/h5-11,22H,1-4H3. The van der Waals surface area contributed by atoms with E-state index in [1.165, 1.54) is 0 Å². The molecule has 3 heteroatoms. The van der Waals surface area contributed by atoms with Crippen molar-refractivity contribution in [3.63, 3.8) is 0 Å². The molecule has 0 aliphatic heterocycles. The van der Waals surface area contributed by atoms with Crippen molar-refractivity contribution in [1.82, 2.24) is 0 Å². The summed E-state index contributed by atoms with van der Waals surface area (Å²) >= 11 is 0. The summed E-state index contributed by atoms with van der Waals surface area (Å²) in [5.74, 6) is -0.214. The molecule has 2 aromatic carbocycles. The second-order valence-corrected chi connectivity index (χ2v) is 7.25. The van der Waals surface area contributed by atoms with Gasteiger partial charge in [0.1, 0.15) is 5.75 Å². The second kappa shape index (κ2) is 5.45. The molecule has 0 heterocycles. The lowest BCUT2D eigenvalue weighted by Crippen LogP contribution is -2.12. The van der Waals surface area contributed by atoms with E-state index in [1.54, 1.807) is 36.4 Å². The van der Waals surface area contributed by atoms with E-state index in [-0.39, 0.29) is 28.3 Å². The third-order valence-corrected chi connectivity index (χ3v) is 4.35. The molecule has 0 saturated heterocycles. The van der Waals surface area contributed by atoms with Crippen LogP contribution in [-0.2, 0) is 5.41 Å². The SMILES string of the molecule is Cc1cc(C=C2C(=O)c3ccccc3C2=O)cc(C(C)(C)C)c1O. The van der Waals surface area contributed by atoms with Crippen molar-refractivity contribution >= 4 is 17.6 Å². The van der Waals surface area contributed by atoms with E-state index < -0.39 is 0 Å². The molecule has 1 N–H and O–H groups in total. The maximum Gasteiger partial charge on any atom is 0.197 e. The van der Waals surface area contributed by atoms with Crippen molar-refractivity contribution in [2.24, 2.45) is 0 Å². The molecule has 0 radical (unpaired) electrons. The Balaban J connectivity index is 2.13. The van der Waals surface area contributed by atoms with Crippen LogP contribution in [0, 0.1) is 6.92 Å². The molecule has 24 heavy (non-hydrogen) atoms. The number of phenols is 1. The van der Waals surface area contributed by atoms with Crippen molar-refractivity contribution < 1.29 is 14.7 Å². The highest BCUT2D eigenvalue weighted by atomic mass is 16.3. The van der Waals surface area contributed by atoms with Crippen LogP contribution in [0.5, 0.6) is 5.75 Å². The lowest BCUT2D eigenvalue weighted by molar-refractivity contribution is 0.0990. The number of aromatic hydroxyl groups is 1. The van der Waals surface area contributed by atoms with Gasteiger partial charge in [-0.3, -0.25) is 9.59 Å². The van der Waals surface area contributed by atoms with Gasteiger partial charge in [0.05, 0.1) is 5.57 Å². The molecule has 0 bridgehead atoms. The number of benzene rings is 2. The zero-order valence-corrected chi connectivity index (χ0v) is 14.3. The largest absolute Gasteiger partial charge is 0.507 e. The van der Waals surface area contributed by atoms with Crippen LogP contribution in [0.25, 0.3) is 6.08 Å². The quantitative estimate of drug-likeness (QED) is 0.623. The van der Waals surface area contributed by atoms with E-state index in [4.69, 9.17) is 0 Å². The first kappa shape index (κ1) is 16.2. The van der Waals surface area contributed by atoms with Gasteiger partial charge in [-0.15, -0.1) is 0 Å². The van der Waals surface area contributed by atoms with Crippen LogP contribution in [0.2, 0.25) is 0 Å². The summed E-state index contributed by atoms with van der Waals surface area (Å²) in [6.45, 7) is 7.86. The number of carbonyl (C=O) groups excluding carboxylic acids is 2. The van der Waals surface area contributed by atoms with Gasteiger partial charge in [0.25, 0.3) is 0 Å². The van der Waals surface area contributed by atoms with Gasteiger partial charge in [-0.2, -0.15) is 0 Å². The number of phenolic OH excluding ortho intramolecular Hbond substituents is 1. The van der Waals surface area contributed by atoms with E-state index in [1.807, 2.05) is 33.8 Å². The molecule has 0 saturated carbocycles. The van der Waals surface area contributed by atoms with Gasteiger partial charge < -0.3 is 5.11 Å². The highest BCUT2D eigenvalue weighted by molar-refractivity contribution is 6.41. The van der Waals surface area contributed by atoms with Crippen LogP contribution in [0.1, 0.15) is 58.2 Å². The Morgan fingerprint density at radius 2 is 1.50 bits per heavy atom. The van der Waals surface area contributed by atoms with Crippen LogP contribution < -0.4 is 0 Å². The number of ketones is 2. The summed E-state index contributed by atoms with van der Waals surface area (Å²) in [7, 11) is 0. The summed E-state index contributed by atoms with van der Waals surface area (Å²) in [5, 5.41) is 10.3. The molecule has 122 valence electrons. The number of Topliss-reactive ketones (excluding diaryl/α,β-unsaturated/α-hetero) is 2. The monoisotopic (exact) mass is 320 g/mol. The van der Waals surface area contributed by atoms with E-state index >= 15 is 0 Å². The number of hydrogen-bond donors (Lipinski definition) is 1. The number of aryl methyl sites for hydroxylation is 1. The molecule has 0 unspecified atom stereocenters. The third kappa shape index (κ3) is 2.56. The summed E-state index contributed by atoms with van der Waals surface area (Å²) in [5.41, 5.74) is 3.13. The normalized spacial score (nSPS) is 14.1. The van der Waals surface area contributed by atoms with Crippen LogP contribution in [-0.4, -0.2) is 16.7 Å². The lowest BCUT2D eigenvalue weighted by atomic mass is 9.84. The molecule has 0 fully saturated rings. The fraction of sp³-hybridized carbons (Fsp3) is 0.238. The minimum atomic E-state index is -0.240. The Morgan fingerprint density at radius 3 is 2.00 bits per heavy atom. The van der Waals surface area contributed by atoms with E-state index in [9.17, 15) is 14.7 Å². The van der Waals surface area contributed by atoms with Gasteiger partial charge in [-0.05, 0) is 41.7 Å². The molecule has 1 aliphatic carbocycles. The number of hydrogen-bond acceptors (Lipinski definition) is 3. The first-order valence-electron chi connectivity index (χ1n) is 7.94. The van der Waals surface area contributed by atoms with Crippen molar-refractivity contribution in [2.45, 2.75) is 33.1 Å². The average molecular weight is 320 g/mol. The zero-order chi connectivity index (χ0) is 17.6. The lowest BCUT2D eigenvalue weighted by Gasteiger charge is -2.22. The maximum atomic E-state index is 12.5. The van der Waals surface area contributed by atoms with Gasteiger partial charge in [0, 0.05) is 16.7 Å². The minimum Gasteiger partial charge on any atom is -0.507 e. The molecular weight excluding hydrogens is 300 g/mol. The Morgan fingerprint density at radius 1 is 0.958 bits per heavy atom. The minimum absolute atomic E-state index is 0.182. The van der Waals surface area contributed by atoms with E-state index in [2.05, 4.69) is 0 Å². The van der Waals surface area contributed by atoms with Crippen molar-refractivity contribution in [3.05, 3.63) is 69.8 Å². The van der Waals surface area contributed by atoms with E-state index in [0.717, 1.165) is 16.7 Å². The smallest absolute Gasteiger partial charge is 0.197 e. The van der Waals surface area contributed by atoms with Gasteiger partial charge in [0.15, 0.2) is 11.6 Å². The zero-order valence-electron chi connectivity index (χ0n) is 14.3. The van der Waals surface area contributed by atoms with Crippen molar-refractivity contribution in [1.29, 1.82) is 0 Å². The van der Waals surface area contributed by atoms with E-state index in [0.29, 0.717) is 11.1 Å². The molecule has 0 atom stereocenters. The van der Waals surface area contributed by atoms with Crippen LogP contribution in [0.3, 0.4) is 0 Å². The van der Waals surface area contributed by atoms with Crippen LogP contribution >= 0.6 is 0 Å². The van der Waals surface area contributed by atoms with Crippen LogP contribution in [0.4, 0.5) is 0 Å². The van der Waals surface area contributed by atoms with Gasteiger partial charge in [0.2, 0.25) is 0 Å². The number of fused-ring (bicyclic) bond motifs is 1. The molecule has 0 aromatic heterocycles. The second-order valence-electron chi connectivity index (χ2n) is 7.25. The fourth-order valence-electron chi connectivity index (χ4n) is 3.03. The fourth-order valence-corrected chi connectivity index (χ4v) is 3.03. The molecule has 0 amide bonds. The molecule has 2 aromatic rings. The summed E-state index contributed by atoms with van der Waals surface area (Å²) < 4.78 is 0. The summed E-state index contributed by atoms with van der Waals surface area (Å²) in [6.07, 6.45) is 1.63. The highest BCUT2D eigenvalue weighted by Gasteiger charge is 2.32. The number of allylic oxidation sites excluding steroid dienone is 1. The van der Waals surface area contributed by atoms with Gasteiger partial charge >= 0.3 is 0 Å². The molecule has 1 aliphatic rings. The van der Waals surface area contributed by atoms with Crippen LogP contribution in [0.15, 0.2) is 42.0 Å². The predicted octanol–water partition coefficient (Wildman–Crippen LogP) is 4.46. The maximum absolute atomic E-state index is 12.5. The Hall–Kier alpha value is -2.68. The average Bonchev–Trinajstić information content (AvgIpc) is 2.75. The predicted molar refractivity (Wildman–Crippen MR) is 94.6 cm³/mol. The topological polar surface area (TPSA) is 54.4 Å². The van der Waals surface area contributed by atoms with Crippen molar-refractivity contribution in [3.8, 4) is 5.75 Å². The highest BCUT2D eigenvalue weighted by Crippen LogP contribution is 2.35. The Bertz CT molecular complexity index is 859. The van der Waals surface area contributed by atoms with Gasteiger partial charge in [-0.25, -0.2) is 0 Å².